The number of nitrogens with zero attached hydrogens (tertiary/aromatic N) is 4. The lowest BCUT2D eigenvalue weighted by molar-refractivity contribution is -0.113. The van der Waals surface area contributed by atoms with E-state index in [0.29, 0.717) is 38.8 Å². The molecular formula is C27H32N6O3S2. The van der Waals surface area contributed by atoms with Gasteiger partial charge in [-0.3, -0.25) is 9.59 Å². The molecule has 200 valence electrons. The fourth-order valence-electron chi connectivity index (χ4n) is 4.45. The topological polar surface area (TPSA) is 122 Å². The molecule has 0 radical (unpaired) electrons. The maximum Gasteiger partial charge on any atom is 0.251 e. The molecule has 38 heavy (non-hydrogen) atoms. The number of hydrogen-bond donors (Lipinski definition) is 2. The van der Waals surface area contributed by atoms with Crippen LogP contribution in [0.25, 0.3) is 0 Å². The van der Waals surface area contributed by atoms with Crippen LogP contribution in [0.2, 0.25) is 0 Å². The number of rotatable bonds is 8. The smallest absolute Gasteiger partial charge is 0.251 e. The normalized spacial score (nSPS) is 14.9. The van der Waals surface area contributed by atoms with Gasteiger partial charge in [-0.1, -0.05) is 32.5 Å². The van der Waals surface area contributed by atoms with E-state index in [1.807, 2.05) is 0 Å². The number of carbonyl (C=O) groups is 2. The van der Waals surface area contributed by atoms with E-state index in [-0.39, 0.29) is 29.5 Å². The molecule has 0 bridgehead atoms. The van der Waals surface area contributed by atoms with Gasteiger partial charge in [0.05, 0.1) is 25.0 Å². The lowest BCUT2D eigenvalue weighted by Gasteiger charge is -2.33. The summed E-state index contributed by atoms with van der Waals surface area (Å²) in [6.45, 7) is 6.97. The predicted octanol–water partition coefficient (Wildman–Crippen LogP) is 4.57. The number of carbonyl (C=O) groups excluding carboxylic acids is 2. The molecule has 0 aliphatic heterocycles. The quantitative estimate of drug-likeness (QED) is 0.393. The van der Waals surface area contributed by atoms with Crippen LogP contribution in [0.5, 0.6) is 5.75 Å². The molecule has 0 fully saturated rings. The van der Waals surface area contributed by atoms with Gasteiger partial charge in [0, 0.05) is 17.5 Å². The summed E-state index contributed by atoms with van der Waals surface area (Å²) < 4.78 is 6.87. The molecule has 0 spiro atoms. The second-order valence-corrected chi connectivity index (χ2v) is 12.4. The number of thiophene rings is 1. The lowest BCUT2D eigenvalue weighted by Crippen LogP contribution is -2.26. The number of benzene rings is 1. The molecule has 2 amide bonds. The van der Waals surface area contributed by atoms with Gasteiger partial charge in [0.1, 0.15) is 16.8 Å². The largest absolute Gasteiger partial charge is 0.497 e. The monoisotopic (exact) mass is 552 g/mol. The van der Waals surface area contributed by atoms with Crippen molar-refractivity contribution >= 4 is 39.9 Å². The second-order valence-electron chi connectivity index (χ2n) is 10.3. The molecule has 2 N–H and O–H groups in total. The lowest BCUT2D eigenvalue weighted by atomic mass is 9.72. The molecule has 1 atom stereocenters. The number of fused-ring (bicyclic) bond motifs is 1. The molecule has 0 saturated heterocycles. The fourth-order valence-corrected chi connectivity index (χ4v) is 6.48. The minimum absolute atomic E-state index is 0.127. The van der Waals surface area contributed by atoms with Crippen LogP contribution in [-0.4, -0.2) is 39.4 Å². The molecular weight excluding hydrogens is 520 g/mol. The summed E-state index contributed by atoms with van der Waals surface area (Å²) in [5.41, 5.74) is 2.42. The Kier molecular flexibility index (Phi) is 8.43. The summed E-state index contributed by atoms with van der Waals surface area (Å²) >= 11 is 2.78. The number of anilines is 1. The van der Waals surface area contributed by atoms with Crippen molar-refractivity contribution in [3.05, 3.63) is 51.7 Å². The van der Waals surface area contributed by atoms with Crippen molar-refractivity contribution in [1.29, 1.82) is 5.26 Å². The zero-order chi connectivity index (χ0) is 27.4. The van der Waals surface area contributed by atoms with Crippen LogP contribution in [0.3, 0.4) is 0 Å². The molecule has 0 unspecified atom stereocenters. The van der Waals surface area contributed by atoms with Crippen molar-refractivity contribution in [1.82, 2.24) is 20.1 Å². The second kappa shape index (κ2) is 11.6. The van der Waals surface area contributed by atoms with Crippen LogP contribution >= 0.6 is 23.1 Å². The van der Waals surface area contributed by atoms with E-state index in [1.165, 1.54) is 28.0 Å². The molecule has 1 aliphatic carbocycles. The highest BCUT2D eigenvalue weighted by Crippen LogP contribution is 2.44. The van der Waals surface area contributed by atoms with Gasteiger partial charge in [-0.25, -0.2) is 0 Å². The fraction of sp³-hybridized carbons (Fsp3) is 0.444. The van der Waals surface area contributed by atoms with E-state index in [9.17, 15) is 14.9 Å². The Morgan fingerprint density at radius 2 is 2.00 bits per heavy atom. The van der Waals surface area contributed by atoms with Crippen molar-refractivity contribution in [2.75, 3.05) is 18.2 Å². The Morgan fingerprint density at radius 1 is 1.26 bits per heavy atom. The van der Waals surface area contributed by atoms with Crippen molar-refractivity contribution in [3.63, 3.8) is 0 Å². The third kappa shape index (κ3) is 6.19. The van der Waals surface area contributed by atoms with Gasteiger partial charge >= 0.3 is 0 Å². The van der Waals surface area contributed by atoms with Gasteiger partial charge in [-0.2, -0.15) is 5.26 Å². The number of nitriles is 1. The molecule has 2 aromatic heterocycles. The van der Waals surface area contributed by atoms with E-state index in [4.69, 9.17) is 4.74 Å². The molecule has 2 heterocycles. The third-order valence-corrected chi connectivity index (χ3v) is 9.06. The molecule has 0 saturated carbocycles. The third-order valence-electron chi connectivity index (χ3n) is 6.87. The maximum atomic E-state index is 12.8. The summed E-state index contributed by atoms with van der Waals surface area (Å²) in [7, 11) is 3.37. The van der Waals surface area contributed by atoms with Crippen LogP contribution in [0.15, 0.2) is 29.4 Å². The first kappa shape index (κ1) is 27.7. The minimum atomic E-state index is -0.231. The van der Waals surface area contributed by atoms with E-state index >= 15 is 0 Å². The van der Waals surface area contributed by atoms with Gasteiger partial charge in [0.2, 0.25) is 5.91 Å². The molecule has 4 rings (SSSR count). The minimum Gasteiger partial charge on any atom is -0.497 e. The number of amides is 2. The Bertz CT molecular complexity index is 1370. The van der Waals surface area contributed by atoms with Gasteiger partial charge in [0.25, 0.3) is 5.91 Å². The first-order chi connectivity index (χ1) is 18.1. The van der Waals surface area contributed by atoms with E-state index in [1.54, 1.807) is 43.0 Å². The number of hydrogen-bond acceptors (Lipinski definition) is 8. The van der Waals surface area contributed by atoms with E-state index in [0.717, 1.165) is 24.8 Å². The summed E-state index contributed by atoms with van der Waals surface area (Å²) in [4.78, 5) is 26.4. The number of ether oxygens (including phenoxy) is 1. The Morgan fingerprint density at radius 3 is 2.66 bits per heavy atom. The first-order valence-corrected chi connectivity index (χ1v) is 14.2. The predicted molar refractivity (Wildman–Crippen MR) is 149 cm³/mol. The highest BCUT2D eigenvalue weighted by molar-refractivity contribution is 7.99. The van der Waals surface area contributed by atoms with Crippen LogP contribution in [0.1, 0.15) is 59.4 Å². The van der Waals surface area contributed by atoms with E-state index in [2.05, 4.69) is 47.7 Å². The molecule has 1 aromatic carbocycles. The van der Waals surface area contributed by atoms with Gasteiger partial charge in [0.15, 0.2) is 11.0 Å². The average molecular weight is 553 g/mol. The zero-order valence-electron chi connectivity index (χ0n) is 22.3. The highest BCUT2D eigenvalue weighted by atomic mass is 32.2. The molecule has 3 aromatic rings. The van der Waals surface area contributed by atoms with Crippen LogP contribution in [-0.2, 0) is 31.2 Å². The van der Waals surface area contributed by atoms with Crippen molar-refractivity contribution < 1.29 is 14.3 Å². The summed E-state index contributed by atoms with van der Waals surface area (Å²) in [6, 6.07) is 9.14. The van der Waals surface area contributed by atoms with Gasteiger partial charge in [-0.05, 0) is 60.4 Å². The number of methoxy groups -OCH3 is 1. The van der Waals surface area contributed by atoms with Crippen LogP contribution in [0.4, 0.5) is 5.00 Å². The number of nitrogens with one attached hydrogen (secondary N) is 2. The first-order valence-electron chi connectivity index (χ1n) is 12.4. The highest BCUT2D eigenvalue weighted by Gasteiger charge is 2.32. The summed E-state index contributed by atoms with van der Waals surface area (Å²) in [5, 5.41) is 25.1. The molecule has 9 nitrogen and oxygen atoms in total. The Labute approximate surface area is 231 Å². The van der Waals surface area contributed by atoms with Crippen LogP contribution < -0.4 is 15.4 Å². The van der Waals surface area contributed by atoms with Gasteiger partial charge < -0.3 is 19.9 Å². The van der Waals surface area contributed by atoms with Crippen molar-refractivity contribution in [3.8, 4) is 11.8 Å². The van der Waals surface area contributed by atoms with E-state index < -0.39 is 0 Å². The zero-order valence-corrected chi connectivity index (χ0v) is 23.9. The molecule has 1 aliphatic rings. The summed E-state index contributed by atoms with van der Waals surface area (Å²) in [6.07, 6.45) is 2.87. The standard InChI is InChI=1S/C27H32N6O3S2/c1-27(2,3)17-8-11-19-20(13-28)25(38-21(19)12-17)30-23(34)15-37-26-32-31-22(33(26)4)14-29-24(35)16-6-9-18(36-5)10-7-16/h6-7,9-10,17H,8,11-12,14-15H2,1-5H3,(H,29,35)(H,30,34)/t17-/m1/s1. The summed E-state index contributed by atoms with van der Waals surface area (Å²) in [5.74, 6) is 1.51. The van der Waals surface area contributed by atoms with Crippen LogP contribution in [0, 0.1) is 22.7 Å². The SMILES string of the molecule is COc1ccc(C(=O)NCc2nnc(SCC(=O)Nc3sc4c(c3C#N)CC[C@@H](C(C)(C)C)C4)n2C)cc1. The van der Waals surface area contributed by atoms with Gasteiger partial charge in [-0.15, -0.1) is 21.5 Å². The number of aromatic nitrogens is 3. The Balaban J connectivity index is 1.32. The average Bonchev–Trinajstić information content (AvgIpc) is 3.43. The van der Waals surface area contributed by atoms with Crippen molar-refractivity contribution in [2.45, 2.75) is 51.7 Å². The molecule has 11 heteroatoms. The Hall–Kier alpha value is -3.36. The van der Waals surface area contributed by atoms with Crippen molar-refractivity contribution in [2.24, 2.45) is 18.4 Å². The maximum absolute atomic E-state index is 12.8. The number of thioether (sulfide) groups is 1.